The van der Waals surface area contributed by atoms with Gasteiger partial charge in [-0.3, -0.25) is 4.79 Å². The standard InChI is InChI=1S/C16H19N3O4S/c1-12-11-23-18-15(12)17-16(20)13-6-5-7-14(10-13)24(21,22)19-8-3-2-4-9-19/h5-7,10-11H,2-4,8-9H2,1H3,(H,17,18,20). The molecule has 24 heavy (non-hydrogen) atoms. The number of nitrogens with one attached hydrogen (secondary N) is 1. The van der Waals surface area contributed by atoms with E-state index >= 15 is 0 Å². The molecule has 1 N–H and O–H groups in total. The number of carbonyl (C=O) groups is 1. The van der Waals surface area contributed by atoms with Crippen LogP contribution in [0, 0.1) is 6.92 Å². The van der Waals surface area contributed by atoms with Gasteiger partial charge in [0.2, 0.25) is 10.0 Å². The second kappa shape index (κ2) is 6.74. The van der Waals surface area contributed by atoms with Crippen molar-refractivity contribution in [2.24, 2.45) is 0 Å². The number of piperidine rings is 1. The Bertz CT molecular complexity index is 839. The third-order valence-electron chi connectivity index (χ3n) is 4.03. The molecular formula is C16H19N3O4S. The molecule has 0 saturated carbocycles. The second-order valence-corrected chi connectivity index (χ2v) is 7.73. The van der Waals surface area contributed by atoms with Gasteiger partial charge >= 0.3 is 0 Å². The SMILES string of the molecule is Cc1conc1NC(=O)c1cccc(S(=O)(=O)N2CCCCC2)c1. The topological polar surface area (TPSA) is 92.5 Å². The molecule has 0 atom stereocenters. The zero-order chi connectivity index (χ0) is 17.2. The van der Waals surface area contributed by atoms with Crippen molar-refractivity contribution < 1.29 is 17.7 Å². The van der Waals surface area contributed by atoms with E-state index in [2.05, 4.69) is 10.5 Å². The van der Waals surface area contributed by atoms with Crippen molar-refractivity contribution in [3.05, 3.63) is 41.7 Å². The van der Waals surface area contributed by atoms with Gasteiger partial charge in [-0.05, 0) is 38.0 Å². The minimum atomic E-state index is -3.57. The minimum absolute atomic E-state index is 0.133. The molecule has 0 bridgehead atoms. The summed E-state index contributed by atoms with van der Waals surface area (Å²) < 4.78 is 31.7. The van der Waals surface area contributed by atoms with E-state index in [0.717, 1.165) is 19.3 Å². The Morgan fingerprint density at radius 1 is 1.25 bits per heavy atom. The predicted octanol–water partition coefficient (Wildman–Crippen LogP) is 2.41. The van der Waals surface area contributed by atoms with Crippen molar-refractivity contribution in [1.29, 1.82) is 0 Å². The summed E-state index contributed by atoms with van der Waals surface area (Å²) >= 11 is 0. The first kappa shape index (κ1) is 16.7. The average molecular weight is 349 g/mol. The number of hydrogen-bond acceptors (Lipinski definition) is 5. The molecule has 1 aliphatic heterocycles. The number of benzene rings is 1. The smallest absolute Gasteiger partial charge is 0.256 e. The van der Waals surface area contributed by atoms with Gasteiger partial charge in [0.25, 0.3) is 5.91 Å². The van der Waals surface area contributed by atoms with Crippen LogP contribution in [0.3, 0.4) is 0 Å². The Hall–Kier alpha value is -2.19. The van der Waals surface area contributed by atoms with E-state index < -0.39 is 15.9 Å². The Kier molecular flexibility index (Phi) is 4.68. The van der Waals surface area contributed by atoms with Gasteiger partial charge in [0.05, 0.1) is 4.90 Å². The number of hydrogen-bond donors (Lipinski definition) is 1. The zero-order valence-electron chi connectivity index (χ0n) is 13.4. The van der Waals surface area contributed by atoms with Crippen LogP contribution in [0.4, 0.5) is 5.82 Å². The van der Waals surface area contributed by atoms with E-state index in [1.807, 2.05) is 0 Å². The lowest BCUT2D eigenvalue weighted by Crippen LogP contribution is -2.35. The van der Waals surface area contributed by atoms with Gasteiger partial charge in [-0.2, -0.15) is 4.31 Å². The lowest BCUT2D eigenvalue weighted by molar-refractivity contribution is 0.102. The van der Waals surface area contributed by atoms with Crippen LogP contribution in [-0.4, -0.2) is 36.9 Å². The van der Waals surface area contributed by atoms with Gasteiger partial charge in [-0.25, -0.2) is 8.42 Å². The Labute approximate surface area is 140 Å². The van der Waals surface area contributed by atoms with Crippen molar-refractivity contribution in [3.8, 4) is 0 Å². The average Bonchev–Trinajstić information content (AvgIpc) is 3.00. The Morgan fingerprint density at radius 3 is 2.67 bits per heavy atom. The molecule has 0 unspecified atom stereocenters. The molecule has 1 amide bonds. The van der Waals surface area contributed by atoms with Gasteiger partial charge in [0.1, 0.15) is 6.26 Å². The zero-order valence-corrected chi connectivity index (χ0v) is 14.2. The summed E-state index contributed by atoms with van der Waals surface area (Å²) in [5, 5.41) is 6.30. The Morgan fingerprint density at radius 2 is 2.00 bits per heavy atom. The molecule has 128 valence electrons. The first-order chi connectivity index (χ1) is 11.5. The molecule has 3 rings (SSSR count). The number of rotatable bonds is 4. The molecule has 8 heteroatoms. The monoisotopic (exact) mass is 349 g/mol. The lowest BCUT2D eigenvalue weighted by Gasteiger charge is -2.26. The molecule has 1 saturated heterocycles. The molecule has 0 radical (unpaired) electrons. The van der Waals surface area contributed by atoms with Crippen LogP contribution < -0.4 is 5.32 Å². The second-order valence-electron chi connectivity index (χ2n) is 5.79. The van der Waals surface area contributed by atoms with Crippen molar-refractivity contribution in [2.75, 3.05) is 18.4 Å². The van der Waals surface area contributed by atoms with Crippen LogP contribution in [-0.2, 0) is 10.0 Å². The number of aryl methyl sites for hydroxylation is 1. The summed E-state index contributed by atoms with van der Waals surface area (Å²) in [6.45, 7) is 2.80. The molecule has 1 fully saturated rings. The van der Waals surface area contributed by atoms with Crippen molar-refractivity contribution in [1.82, 2.24) is 9.46 Å². The summed E-state index contributed by atoms with van der Waals surface area (Å²) in [6, 6.07) is 6.05. The molecule has 0 spiro atoms. The first-order valence-electron chi connectivity index (χ1n) is 7.81. The van der Waals surface area contributed by atoms with Gasteiger partial charge in [-0.15, -0.1) is 0 Å². The molecule has 0 aliphatic carbocycles. The van der Waals surface area contributed by atoms with Gasteiger partial charge in [-0.1, -0.05) is 17.6 Å². The van der Waals surface area contributed by atoms with Crippen LogP contribution in [0.15, 0.2) is 39.9 Å². The number of nitrogens with zero attached hydrogens (tertiary/aromatic N) is 2. The van der Waals surface area contributed by atoms with Crippen LogP contribution in [0.1, 0.15) is 35.2 Å². The number of amides is 1. The summed E-state index contributed by atoms with van der Waals surface area (Å²) in [5.74, 6) is -0.105. The fraction of sp³-hybridized carbons (Fsp3) is 0.375. The fourth-order valence-electron chi connectivity index (χ4n) is 2.64. The first-order valence-corrected chi connectivity index (χ1v) is 9.25. The third-order valence-corrected chi connectivity index (χ3v) is 5.92. The summed E-state index contributed by atoms with van der Waals surface area (Å²) in [5.41, 5.74) is 0.955. The largest absolute Gasteiger partial charge is 0.362 e. The maximum Gasteiger partial charge on any atom is 0.256 e. The van der Waals surface area contributed by atoms with Crippen LogP contribution in [0.25, 0.3) is 0 Å². The predicted molar refractivity (Wildman–Crippen MR) is 88.2 cm³/mol. The maximum absolute atomic E-state index is 12.7. The lowest BCUT2D eigenvalue weighted by atomic mass is 10.2. The van der Waals surface area contributed by atoms with Crippen LogP contribution >= 0.6 is 0 Å². The van der Waals surface area contributed by atoms with E-state index in [1.54, 1.807) is 19.1 Å². The van der Waals surface area contributed by atoms with Gasteiger partial charge < -0.3 is 9.84 Å². The van der Waals surface area contributed by atoms with Gasteiger partial charge in [0.15, 0.2) is 5.82 Å². The molecule has 2 aromatic rings. The van der Waals surface area contributed by atoms with E-state index in [4.69, 9.17) is 4.52 Å². The van der Waals surface area contributed by atoms with E-state index in [-0.39, 0.29) is 10.5 Å². The number of anilines is 1. The summed E-state index contributed by atoms with van der Waals surface area (Å²) in [6.07, 6.45) is 4.20. The van der Waals surface area contributed by atoms with E-state index in [1.165, 1.54) is 22.7 Å². The van der Waals surface area contributed by atoms with Crippen LogP contribution in [0.5, 0.6) is 0 Å². The molecular weight excluding hydrogens is 330 g/mol. The highest BCUT2D eigenvalue weighted by atomic mass is 32.2. The van der Waals surface area contributed by atoms with E-state index in [0.29, 0.717) is 24.5 Å². The maximum atomic E-state index is 12.7. The highest BCUT2D eigenvalue weighted by Crippen LogP contribution is 2.22. The van der Waals surface area contributed by atoms with Crippen molar-refractivity contribution in [2.45, 2.75) is 31.1 Å². The summed E-state index contributed by atoms with van der Waals surface area (Å²) in [4.78, 5) is 12.5. The highest BCUT2D eigenvalue weighted by molar-refractivity contribution is 7.89. The normalized spacial score (nSPS) is 16.0. The fourth-order valence-corrected chi connectivity index (χ4v) is 4.20. The van der Waals surface area contributed by atoms with Crippen molar-refractivity contribution in [3.63, 3.8) is 0 Å². The Balaban J connectivity index is 1.83. The summed E-state index contributed by atoms with van der Waals surface area (Å²) in [7, 11) is -3.57. The number of aromatic nitrogens is 1. The quantitative estimate of drug-likeness (QED) is 0.915. The molecule has 1 aliphatic rings. The minimum Gasteiger partial charge on any atom is -0.362 e. The van der Waals surface area contributed by atoms with Crippen LogP contribution in [0.2, 0.25) is 0 Å². The molecule has 2 heterocycles. The molecule has 1 aromatic carbocycles. The van der Waals surface area contributed by atoms with E-state index in [9.17, 15) is 13.2 Å². The molecule has 7 nitrogen and oxygen atoms in total. The highest BCUT2D eigenvalue weighted by Gasteiger charge is 2.26. The third kappa shape index (κ3) is 3.34. The number of carbonyl (C=O) groups excluding carboxylic acids is 1. The molecule has 1 aromatic heterocycles. The van der Waals surface area contributed by atoms with Gasteiger partial charge in [0, 0.05) is 24.2 Å². The van der Waals surface area contributed by atoms with Crippen molar-refractivity contribution >= 4 is 21.7 Å². The number of sulfonamides is 1.